The Labute approximate surface area is 124 Å². The molecule has 1 amide bonds. The molecule has 0 N–H and O–H groups in total. The van der Waals surface area contributed by atoms with Crippen molar-refractivity contribution < 1.29 is 22.7 Å². The van der Waals surface area contributed by atoms with Gasteiger partial charge in [0.25, 0.3) is 5.91 Å². The van der Waals surface area contributed by atoms with Crippen LogP contribution < -0.4 is 4.74 Å². The maximum atomic E-state index is 12.5. The number of hydrogen-bond acceptors (Lipinski definition) is 5. The Hall–Kier alpha value is -1.60. The molecule has 1 unspecified atom stereocenters. The Balaban J connectivity index is 2.38. The zero-order valence-electron chi connectivity index (χ0n) is 12.3. The standard InChI is InChI=1S/C14H19NO5S/c1-10-9-20-7-6-15(10)14(16)11-4-5-12(19-2)13(8-11)21(3,17)18/h4-5,8,10H,6-7,9H2,1-3H3. The highest BCUT2D eigenvalue weighted by molar-refractivity contribution is 7.90. The zero-order valence-corrected chi connectivity index (χ0v) is 13.1. The molecule has 1 aliphatic heterocycles. The summed E-state index contributed by atoms with van der Waals surface area (Å²) in [5.74, 6) is 0.0439. The molecule has 1 heterocycles. The summed E-state index contributed by atoms with van der Waals surface area (Å²) < 4.78 is 34.0. The highest BCUT2D eigenvalue weighted by atomic mass is 32.2. The van der Waals surface area contributed by atoms with Crippen LogP contribution in [0.25, 0.3) is 0 Å². The van der Waals surface area contributed by atoms with Gasteiger partial charge in [0.15, 0.2) is 9.84 Å². The van der Waals surface area contributed by atoms with Gasteiger partial charge in [-0.3, -0.25) is 4.79 Å². The van der Waals surface area contributed by atoms with Crippen molar-refractivity contribution in [3.05, 3.63) is 23.8 Å². The predicted molar refractivity (Wildman–Crippen MR) is 77.4 cm³/mol. The van der Waals surface area contributed by atoms with Crippen LogP contribution >= 0.6 is 0 Å². The summed E-state index contributed by atoms with van der Waals surface area (Å²) in [4.78, 5) is 14.2. The third kappa shape index (κ3) is 3.36. The lowest BCUT2D eigenvalue weighted by Crippen LogP contribution is -2.47. The molecule has 2 rings (SSSR count). The van der Waals surface area contributed by atoms with Crippen LogP contribution in [0.15, 0.2) is 23.1 Å². The van der Waals surface area contributed by atoms with Crippen LogP contribution in [-0.2, 0) is 14.6 Å². The van der Waals surface area contributed by atoms with Crippen molar-refractivity contribution in [2.45, 2.75) is 17.9 Å². The maximum Gasteiger partial charge on any atom is 0.254 e. The van der Waals surface area contributed by atoms with Gasteiger partial charge in [-0.1, -0.05) is 0 Å². The van der Waals surface area contributed by atoms with Gasteiger partial charge in [0.05, 0.1) is 26.4 Å². The van der Waals surface area contributed by atoms with E-state index in [9.17, 15) is 13.2 Å². The van der Waals surface area contributed by atoms with Crippen molar-refractivity contribution in [3.8, 4) is 5.75 Å². The second kappa shape index (κ2) is 6.03. The summed E-state index contributed by atoms with van der Waals surface area (Å²) >= 11 is 0. The summed E-state index contributed by atoms with van der Waals surface area (Å²) in [5.41, 5.74) is 0.338. The van der Waals surface area contributed by atoms with Gasteiger partial charge in [0.2, 0.25) is 0 Å². The molecule has 0 aliphatic carbocycles. The fourth-order valence-corrected chi connectivity index (χ4v) is 3.15. The largest absolute Gasteiger partial charge is 0.495 e. The molecule has 1 aliphatic rings. The number of methoxy groups -OCH3 is 1. The van der Waals surface area contributed by atoms with Crippen molar-refractivity contribution >= 4 is 15.7 Å². The van der Waals surface area contributed by atoms with Crippen LogP contribution in [0.3, 0.4) is 0 Å². The smallest absolute Gasteiger partial charge is 0.254 e. The molecule has 1 saturated heterocycles. The van der Waals surface area contributed by atoms with Crippen LogP contribution in [0, 0.1) is 0 Å². The summed E-state index contributed by atoms with van der Waals surface area (Å²) in [7, 11) is -2.07. The fourth-order valence-electron chi connectivity index (χ4n) is 2.29. The van der Waals surface area contributed by atoms with Crippen LogP contribution in [0.2, 0.25) is 0 Å². The number of morpholine rings is 1. The first-order valence-corrected chi connectivity index (χ1v) is 8.50. The third-order valence-corrected chi connectivity index (χ3v) is 4.56. The number of carbonyl (C=O) groups excluding carboxylic acids is 1. The minimum absolute atomic E-state index is 0.0248. The lowest BCUT2D eigenvalue weighted by molar-refractivity contribution is 0.00358. The summed E-state index contributed by atoms with van der Waals surface area (Å²) in [6, 6.07) is 4.43. The van der Waals surface area contributed by atoms with Gasteiger partial charge >= 0.3 is 0 Å². The molecular weight excluding hydrogens is 294 g/mol. The second-order valence-corrected chi connectivity index (χ2v) is 7.04. The van der Waals surface area contributed by atoms with Gasteiger partial charge in [-0.25, -0.2) is 8.42 Å². The van der Waals surface area contributed by atoms with E-state index in [4.69, 9.17) is 9.47 Å². The molecule has 0 aromatic heterocycles. The number of nitrogens with zero attached hydrogens (tertiary/aromatic N) is 1. The molecule has 21 heavy (non-hydrogen) atoms. The first-order valence-electron chi connectivity index (χ1n) is 6.61. The van der Waals surface area contributed by atoms with Crippen molar-refractivity contribution in [2.75, 3.05) is 33.1 Å². The molecule has 7 heteroatoms. The first kappa shape index (κ1) is 15.8. The van der Waals surface area contributed by atoms with E-state index in [2.05, 4.69) is 0 Å². The van der Waals surface area contributed by atoms with E-state index in [1.54, 1.807) is 11.0 Å². The number of benzene rings is 1. The Morgan fingerprint density at radius 1 is 1.43 bits per heavy atom. The number of carbonyl (C=O) groups is 1. The fraction of sp³-hybridized carbons (Fsp3) is 0.500. The van der Waals surface area contributed by atoms with Crippen molar-refractivity contribution in [2.24, 2.45) is 0 Å². The molecular formula is C14H19NO5S. The normalized spacial score (nSPS) is 19.4. The van der Waals surface area contributed by atoms with Gasteiger partial charge in [-0.2, -0.15) is 0 Å². The van der Waals surface area contributed by atoms with Crippen molar-refractivity contribution in [3.63, 3.8) is 0 Å². The van der Waals surface area contributed by atoms with Crippen LogP contribution in [0.4, 0.5) is 0 Å². The van der Waals surface area contributed by atoms with Crippen LogP contribution in [0.5, 0.6) is 5.75 Å². The molecule has 6 nitrogen and oxygen atoms in total. The minimum atomic E-state index is -3.47. The molecule has 0 bridgehead atoms. The monoisotopic (exact) mass is 313 g/mol. The summed E-state index contributed by atoms with van der Waals surface area (Å²) in [6.07, 6.45) is 1.09. The van der Waals surface area contributed by atoms with Gasteiger partial charge in [0, 0.05) is 18.4 Å². The van der Waals surface area contributed by atoms with E-state index in [0.717, 1.165) is 6.26 Å². The van der Waals surface area contributed by atoms with Gasteiger partial charge in [-0.15, -0.1) is 0 Å². The Bertz CT molecular complexity index is 641. The SMILES string of the molecule is COc1ccc(C(=O)N2CCOCC2C)cc1S(C)(=O)=O. The van der Waals surface area contributed by atoms with Gasteiger partial charge in [-0.05, 0) is 25.1 Å². The number of ether oxygens (including phenoxy) is 2. The summed E-state index contributed by atoms with van der Waals surface area (Å²) in [6.45, 7) is 3.38. The molecule has 0 radical (unpaired) electrons. The molecule has 0 saturated carbocycles. The highest BCUT2D eigenvalue weighted by Gasteiger charge is 2.26. The van der Waals surface area contributed by atoms with Crippen molar-refractivity contribution in [1.82, 2.24) is 4.90 Å². The maximum absolute atomic E-state index is 12.5. The molecule has 0 spiro atoms. The molecule has 1 aromatic carbocycles. The van der Waals surface area contributed by atoms with Gasteiger partial charge in [0.1, 0.15) is 10.6 Å². The topological polar surface area (TPSA) is 72.9 Å². The van der Waals surface area contributed by atoms with Crippen LogP contribution in [-0.4, -0.2) is 58.4 Å². The summed E-state index contributed by atoms with van der Waals surface area (Å²) in [5, 5.41) is 0. The van der Waals surface area contributed by atoms with E-state index >= 15 is 0 Å². The third-order valence-electron chi connectivity index (χ3n) is 3.44. The van der Waals surface area contributed by atoms with E-state index < -0.39 is 9.84 Å². The number of rotatable bonds is 3. The highest BCUT2D eigenvalue weighted by Crippen LogP contribution is 2.26. The van der Waals surface area contributed by atoms with Crippen molar-refractivity contribution in [1.29, 1.82) is 0 Å². The zero-order chi connectivity index (χ0) is 15.6. The predicted octanol–water partition coefficient (Wildman–Crippen LogP) is 0.960. The van der Waals surface area contributed by atoms with Gasteiger partial charge < -0.3 is 14.4 Å². The minimum Gasteiger partial charge on any atom is -0.495 e. The Kier molecular flexibility index (Phi) is 4.53. The first-order chi connectivity index (χ1) is 9.84. The van der Waals surface area contributed by atoms with E-state index in [1.807, 2.05) is 6.92 Å². The molecule has 1 aromatic rings. The van der Waals surface area contributed by atoms with E-state index in [1.165, 1.54) is 19.2 Å². The number of amides is 1. The Morgan fingerprint density at radius 2 is 2.14 bits per heavy atom. The Morgan fingerprint density at radius 3 is 2.71 bits per heavy atom. The molecule has 1 fully saturated rings. The molecule has 1 atom stereocenters. The number of hydrogen-bond donors (Lipinski definition) is 0. The average molecular weight is 313 g/mol. The van der Waals surface area contributed by atoms with Crippen LogP contribution in [0.1, 0.15) is 17.3 Å². The number of sulfone groups is 1. The van der Waals surface area contributed by atoms with E-state index in [-0.39, 0.29) is 22.6 Å². The average Bonchev–Trinajstić information content (AvgIpc) is 2.45. The lowest BCUT2D eigenvalue weighted by Gasteiger charge is -2.33. The second-order valence-electron chi connectivity index (χ2n) is 5.06. The molecule has 116 valence electrons. The van der Waals surface area contributed by atoms with E-state index in [0.29, 0.717) is 25.3 Å². The lowest BCUT2D eigenvalue weighted by atomic mass is 10.1. The quantitative estimate of drug-likeness (QED) is 0.831.